The molecular weight excluding hydrogens is 480 g/mol. The summed E-state index contributed by atoms with van der Waals surface area (Å²) in [6.07, 6.45) is 36.0. The van der Waals surface area contributed by atoms with E-state index in [-0.39, 0.29) is 24.0 Å². The van der Waals surface area contributed by atoms with Crippen LogP contribution in [0.3, 0.4) is 0 Å². The van der Waals surface area contributed by atoms with Gasteiger partial charge in [-0.15, -0.1) is 0 Å². The minimum Gasteiger partial charge on any atom is -0.373 e. The van der Waals surface area contributed by atoms with E-state index in [0.29, 0.717) is 24.4 Å². The van der Waals surface area contributed by atoms with E-state index in [1.165, 1.54) is 141 Å². The number of ketones is 2. The van der Waals surface area contributed by atoms with Crippen molar-refractivity contribution in [2.45, 2.75) is 206 Å². The summed E-state index contributed by atoms with van der Waals surface area (Å²) < 4.78 is 6.60. The first-order chi connectivity index (χ1) is 19.2. The van der Waals surface area contributed by atoms with Crippen molar-refractivity contribution in [3.63, 3.8) is 0 Å². The minimum absolute atomic E-state index is 0.0661. The Kier molecular flexibility index (Phi) is 20.3. The first kappa shape index (κ1) is 34.5. The molecule has 2 saturated carbocycles. The fourth-order valence-corrected chi connectivity index (χ4v) is 6.32. The van der Waals surface area contributed by atoms with Gasteiger partial charge in [0.05, 0.1) is 24.0 Å². The van der Waals surface area contributed by atoms with Gasteiger partial charge in [-0.25, -0.2) is 0 Å². The van der Waals surface area contributed by atoms with Crippen LogP contribution in [0.5, 0.6) is 0 Å². The lowest BCUT2D eigenvalue weighted by molar-refractivity contribution is -0.116. The Morgan fingerprint density at radius 1 is 0.462 bits per heavy atom. The highest BCUT2D eigenvalue weighted by atomic mass is 16.5. The summed E-state index contributed by atoms with van der Waals surface area (Å²) in [5.41, 5.74) is 0. The van der Waals surface area contributed by atoms with E-state index in [1.54, 1.807) is 0 Å². The van der Waals surface area contributed by atoms with Gasteiger partial charge >= 0.3 is 0 Å². The van der Waals surface area contributed by atoms with Gasteiger partial charge in [-0.3, -0.25) is 9.59 Å². The standard InChI is InChI=1S/C36H66O3/c1-3-5-7-9-11-13-15-17-19-21-23-25-27-35(31-29-33(31)37)39-36(32-30-34(32)38)28-26-24-22-20-18-16-14-12-10-8-6-4-2/h31-32,35-36H,3-30H2,1-2H3. The van der Waals surface area contributed by atoms with Crippen LogP contribution in [0.25, 0.3) is 0 Å². The van der Waals surface area contributed by atoms with Crippen LogP contribution in [-0.4, -0.2) is 23.8 Å². The molecule has 4 atom stereocenters. The van der Waals surface area contributed by atoms with Gasteiger partial charge in [0.25, 0.3) is 0 Å². The molecule has 228 valence electrons. The van der Waals surface area contributed by atoms with Crippen molar-refractivity contribution in [1.82, 2.24) is 0 Å². The molecule has 2 aliphatic rings. The summed E-state index contributed by atoms with van der Waals surface area (Å²) in [5, 5.41) is 0. The number of hydrogen-bond donors (Lipinski definition) is 0. The topological polar surface area (TPSA) is 43.4 Å². The maximum atomic E-state index is 12.0. The fraction of sp³-hybridized carbons (Fsp3) is 0.944. The molecule has 3 heteroatoms. The molecule has 2 rings (SSSR count). The smallest absolute Gasteiger partial charge is 0.139 e. The maximum Gasteiger partial charge on any atom is 0.139 e. The monoisotopic (exact) mass is 547 g/mol. The second-order valence-electron chi connectivity index (χ2n) is 13.1. The fourth-order valence-electron chi connectivity index (χ4n) is 6.32. The zero-order valence-corrected chi connectivity index (χ0v) is 26.3. The second-order valence-corrected chi connectivity index (χ2v) is 13.1. The van der Waals surface area contributed by atoms with Crippen molar-refractivity contribution in [2.24, 2.45) is 11.8 Å². The van der Waals surface area contributed by atoms with E-state index in [4.69, 9.17) is 4.74 Å². The summed E-state index contributed by atoms with van der Waals surface area (Å²) in [6, 6.07) is 0. The molecule has 4 unspecified atom stereocenters. The summed E-state index contributed by atoms with van der Waals surface area (Å²) in [5.74, 6) is 1.00. The lowest BCUT2D eigenvalue weighted by Gasteiger charge is -2.24. The molecule has 2 fully saturated rings. The molecule has 0 aromatic heterocycles. The van der Waals surface area contributed by atoms with Gasteiger partial charge in [0.2, 0.25) is 0 Å². The average Bonchev–Trinajstić information content (AvgIpc) is 3.85. The van der Waals surface area contributed by atoms with Gasteiger partial charge in [0, 0.05) is 12.8 Å². The van der Waals surface area contributed by atoms with Crippen molar-refractivity contribution >= 4 is 11.6 Å². The van der Waals surface area contributed by atoms with Gasteiger partial charge < -0.3 is 4.74 Å². The number of carbonyl (C=O) groups is 2. The third-order valence-corrected chi connectivity index (χ3v) is 9.28. The Morgan fingerprint density at radius 3 is 0.923 bits per heavy atom. The highest BCUT2D eigenvalue weighted by Crippen LogP contribution is 2.39. The van der Waals surface area contributed by atoms with E-state index in [9.17, 15) is 9.59 Å². The molecule has 0 bridgehead atoms. The third kappa shape index (κ3) is 17.7. The van der Waals surface area contributed by atoms with Gasteiger partial charge in [0.15, 0.2) is 0 Å². The molecule has 0 spiro atoms. The first-order valence-corrected chi connectivity index (χ1v) is 17.9. The van der Waals surface area contributed by atoms with E-state index >= 15 is 0 Å². The van der Waals surface area contributed by atoms with Crippen molar-refractivity contribution in [1.29, 1.82) is 0 Å². The SMILES string of the molecule is CCCCCCCCCCCCCCC(OC(CCCCCCCCCCCCCC)C1CC1=O)C1CC1=O. The lowest BCUT2D eigenvalue weighted by Crippen LogP contribution is -2.27. The summed E-state index contributed by atoms with van der Waals surface area (Å²) >= 11 is 0. The largest absolute Gasteiger partial charge is 0.373 e. The van der Waals surface area contributed by atoms with E-state index < -0.39 is 0 Å². The molecule has 39 heavy (non-hydrogen) atoms. The van der Waals surface area contributed by atoms with Gasteiger partial charge in [-0.1, -0.05) is 168 Å². The van der Waals surface area contributed by atoms with Crippen LogP contribution < -0.4 is 0 Å². The molecule has 0 heterocycles. The Morgan fingerprint density at radius 2 is 0.692 bits per heavy atom. The van der Waals surface area contributed by atoms with Crippen LogP contribution in [0.2, 0.25) is 0 Å². The zero-order valence-electron chi connectivity index (χ0n) is 26.3. The Labute approximate surface area is 243 Å². The van der Waals surface area contributed by atoms with Crippen LogP contribution in [0.15, 0.2) is 0 Å². The predicted octanol–water partition coefficient (Wildman–Crippen LogP) is 11.1. The Hall–Kier alpha value is -0.700. The second kappa shape index (κ2) is 22.9. The Bertz CT molecular complexity index is 562. The van der Waals surface area contributed by atoms with Crippen LogP contribution >= 0.6 is 0 Å². The normalized spacial score (nSPS) is 19.9. The summed E-state index contributed by atoms with van der Waals surface area (Å²) in [6.45, 7) is 4.56. The molecule has 0 amide bonds. The third-order valence-electron chi connectivity index (χ3n) is 9.28. The molecule has 0 aromatic rings. The summed E-state index contributed by atoms with van der Waals surface area (Å²) in [4.78, 5) is 24.0. The molecule has 0 N–H and O–H groups in total. The molecule has 3 nitrogen and oxygen atoms in total. The highest BCUT2D eigenvalue weighted by molar-refractivity contribution is 5.97. The molecule has 0 aliphatic heterocycles. The quantitative estimate of drug-likeness (QED) is 0.0841. The average molecular weight is 547 g/mol. The maximum absolute atomic E-state index is 12.0. The Balaban J connectivity index is 1.52. The van der Waals surface area contributed by atoms with E-state index in [1.807, 2.05) is 0 Å². The highest BCUT2D eigenvalue weighted by Gasteiger charge is 2.47. The molecular formula is C36H66O3. The van der Waals surface area contributed by atoms with E-state index in [2.05, 4.69) is 13.8 Å². The predicted molar refractivity (Wildman–Crippen MR) is 166 cm³/mol. The minimum atomic E-state index is 0.0661. The van der Waals surface area contributed by atoms with Crippen molar-refractivity contribution in [3.8, 4) is 0 Å². The number of Topliss-reactive ketones (excluding diaryl/α,β-unsaturated/α-hetero) is 2. The molecule has 0 aromatic carbocycles. The van der Waals surface area contributed by atoms with Crippen molar-refractivity contribution < 1.29 is 14.3 Å². The van der Waals surface area contributed by atoms with Crippen molar-refractivity contribution in [3.05, 3.63) is 0 Å². The zero-order chi connectivity index (χ0) is 28.0. The number of rotatable bonds is 30. The van der Waals surface area contributed by atoms with Crippen LogP contribution in [-0.2, 0) is 14.3 Å². The van der Waals surface area contributed by atoms with Gasteiger partial charge in [-0.05, 0) is 12.8 Å². The molecule has 0 radical (unpaired) electrons. The van der Waals surface area contributed by atoms with Crippen LogP contribution in [0, 0.1) is 11.8 Å². The van der Waals surface area contributed by atoms with Gasteiger partial charge in [-0.2, -0.15) is 0 Å². The number of ether oxygens (including phenoxy) is 1. The number of hydrogen-bond acceptors (Lipinski definition) is 3. The van der Waals surface area contributed by atoms with Crippen molar-refractivity contribution in [2.75, 3.05) is 0 Å². The van der Waals surface area contributed by atoms with Crippen LogP contribution in [0.4, 0.5) is 0 Å². The van der Waals surface area contributed by atoms with Crippen LogP contribution in [0.1, 0.15) is 194 Å². The molecule has 2 aliphatic carbocycles. The molecule has 0 saturated heterocycles. The van der Waals surface area contributed by atoms with E-state index in [0.717, 1.165) is 25.7 Å². The summed E-state index contributed by atoms with van der Waals surface area (Å²) in [7, 11) is 0. The number of carbonyl (C=O) groups excluding carboxylic acids is 2. The number of unbranched alkanes of at least 4 members (excludes halogenated alkanes) is 22. The van der Waals surface area contributed by atoms with Gasteiger partial charge in [0.1, 0.15) is 11.6 Å². The first-order valence-electron chi connectivity index (χ1n) is 17.9. The lowest BCUT2D eigenvalue weighted by atomic mass is 10.0.